The van der Waals surface area contributed by atoms with Gasteiger partial charge >= 0.3 is 0 Å². The minimum atomic E-state index is -0.582. The number of aromatic amines is 1. The van der Waals surface area contributed by atoms with Gasteiger partial charge in [0.1, 0.15) is 11.5 Å². The third-order valence-corrected chi connectivity index (χ3v) is 5.28. The maximum Gasteiger partial charge on any atom is 0.268 e. The fraction of sp³-hybridized carbons (Fsp3) is 0.167. The zero-order valence-electron chi connectivity index (χ0n) is 18.1. The van der Waals surface area contributed by atoms with Crippen molar-refractivity contribution in [2.24, 2.45) is 0 Å². The summed E-state index contributed by atoms with van der Waals surface area (Å²) in [5.41, 5.74) is 4.23. The molecule has 0 aliphatic rings. The number of halogens is 1. The molecule has 0 unspecified atom stereocenters. The Morgan fingerprint density at radius 2 is 1.97 bits per heavy atom. The lowest BCUT2D eigenvalue weighted by Gasteiger charge is -2.16. The minimum Gasteiger partial charge on any atom is -0.394 e. The summed E-state index contributed by atoms with van der Waals surface area (Å²) in [5, 5.41) is 16.2. The number of benzene rings is 1. The van der Waals surface area contributed by atoms with Gasteiger partial charge in [-0.1, -0.05) is 29.8 Å². The number of aryl methyl sites for hydroxylation is 2. The first-order chi connectivity index (χ1) is 15.9. The van der Waals surface area contributed by atoms with Gasteiger partial charge in [0, 0.05) is 28.7 Å². The third-order valence-electron chi connectivity index (χ3n) is 5.04. The molecule has 0 saturated heterocycles. The number of carbonyl (C=O) groups excluding carboxylic acids is 1. The van der Waals surface area contributed by atoms with Gasteiger partial charge in [-0.25, -0.2) is 15.0 Å². The number of nitrogens with zero attached hydrogens (tertiary/aromatic N) is 3. The largest absolute Gasteiger partial charge is 0.394 e. The van der Waals surface area contributed by atoms with Crippen LogP contribution in [0.15, 0.2) is 60.9 Å². The second-order valence-corrected chi connectivity index (χ2v) is 8.02. The highest BCUT2D eigenvalue weighted by molar-refractivity contribution is 6.30. The molecule has 0 aliphatic carbocycles. The van der Waals surface area contributed by atoms with Crippen molar-refractivity contribution >= 4 is 29.3 Å². The molecule has 0 fully saturated rings. The monoisotopic (exact) mass is 462 g/mol. The van der Waals surface area contributed by atoms with Gasteiger partial charge in [0.2, 0.25) is 5.95 Å². The minimum absolute atomic E-state index is 0.257. The van der Waals surface area contributed by atoms with Crippen LogP contribution in [0.1, 0.15) is 33.4 Å². The average molecular weight is 463 g/mol. The Morgan fingerprint density at radius 3 is 2.73 bits per heavy atom. The zero-order chi connectivity index (χ0) is 23.4. The highest BCUT2D eigenvalue weighted by atomic mass is 35.5. The summed E-state index contributed by atoms with van der Waals surface area (Å²) in [6.45, 7) is 3.55. The Bertz CT molecular complexity index is 1290. The number of anilines is 2. The Hall–Kier alpha value is -3.75. The number of H-pyrrole nitrogens is 1. The summed E-state index contributed by atoms with van der Waals surface area (Å²) in [4.78, 5) is 29.1. The van der Waals surface area contributed by atoms with E-state index >= 15 is 0 Å². The second-order valence-electron chi connectivity index (χ2n) is 7.58. The lowest BCUT2D eigenvalue weighted by atomic mass is 10.1. The first kappa shape index (κ1) is 22.4. The van der Waals surface area contributed by atoms with E-state index in [4.69, 9.17) is 11.6 Å². The van der Waals surface area contributed by atoms with Crippen LogP contribution in [-0.2, 0) is 0 Å². The van der Waals surface area contributed by atoms with Crippen molar-refractivity contribution in [3.8, 4) is 11.3 Å². The number of aliphatic hydroxyl groups excluding tert-OH is 1. The molecule has 4 aromatic rings. The van der Waals surface area contributed by atoms with Crippen LogP contribution < -0.4 is 10.6 Å². The van der Waals surface area contributed by atoms with Gasteiger partial charge in [-0.05, 0) is 55.3 Å². The lowest BCUT2D eigenvalue weighted by Crippen LogP contribution is -2.31. The zero-order valence-corrected chi connectivity index (χ0v) is 18.9. The first-order valence-electron chi connectivity index (χ1n) is 10.3. The standard InChI is InChI=1S/C24H23ClN6O2/c1-14-11-27-24(30-21-8-3-5-15(2)28-21)31-22(14)17-10-19(26-12-17)23(33)29-20(13-32)16-6-4-7-18(25)9-16/h3-12,20,26,32H,13H2,1-2H3,(H,29,33)(H,27,28,30,31)/t20-/m1/s1. The molecule has 8 nitrogen and oxygen atoms in total. The third kappa shape index (κ3) is 5.36. The van der Waals surface area contributed by atoms with Gasteiger partial charge in [0.25, 0.3) is 5.91 Å². The molecule has 0 saturated carbocycles. The predicted molar refractivity (Wildman–Crippen MR) is 128 cm³/mol. The van der Waals surface area contributed by atoms with E-state index < -0.39 is 6.04 Å². The quantitative estimate of drug-likeness (QED) is 0.324. The van der Waals surface area contributed by atoms with Crippen molar-refractivity contribution in [2.75, 3.05) is 11.9 Å². The van der Waals surface area contributed by atoms with E-state index in [9.17, 15) is 9.90 Å². The van der Waals surface area contributed by atoms with E-state index in [1.807, 2.05) is 32.0 Å². The molecule has 3 heterocycles. The van der Waals surface area contributed by atoms with Crippen LogP contribution in [0, 0.1) is 13.8 Å². The molecule has 0 bridgehead atoms. The number of pyridine rings is 1. The summed E-state index contributed by atoms with van der Waals surface area (Å²) >= 11 is 6.04. The SMILES string of the molecule is Cc1cccc(Nc2ncc(C)c(-c3c[nH]c(C(=O)N[C@H](CO)c4cccc(Cl)c4)c3)n2)n1. The van der Waals surface area contributed by atoms with Gasteiger partial charge in [-0.2, -0.15) is 0 Å². The Kier molecular flexibility index (Phi) is 6.67. The summed E-state index contributed by atoms with van der Waals surface area (Å²) in [7, 11) is 0. The van der Waals surface area contributed by atoms with E-state index in [1.165, 1.54) is 0 Å². The maximum absolute atomic E-state index is 12.8. The van der Waals surface area contributed by atoms with Gasteiger partial charge in [-0.3, -0.25) is 4.79 Å². The van der Waals surface area contributed by atoms with Crippen molar-refractivity contribution < 1.29 is 9.90 Å². The van der Waals surface area contributed by atoms with Crippen LogP contribution >= 0.6 is 11.6 Å². The van der Waals surface area contributed by atoms with Crippen molar-refractivity contribution in [1.29, 1.82) is 0 Å². The Morgan fingerprint density at radius 1 is 1.15 bits per heavy atom. The highest BCUT2D eigenvalue weighted by Crippen LogP contribution is 2.24. The number of rotatable bonds is 7. The molecule has 1 amide bonds. The van der Waals surface area contributed by atoms with Gasteiger partial charge in [0.05, 0.1) is 18.3 Å². The molecule has 1 aromatic carbocycles. The Labute approximate surface area is 196 Å². The Balaban J connectivity index is 1.53. The number of hydrogen-bond acceptors (Lipinski definition) is 6. The molecular weight excluding hydrogens is 440 g/mol. The number of aromatic nitrogens is 4. The summed E-state index contributed by atoms with van der Waals surface area (Å²) in [5.74, 6) is 0.700. The molecular formula is C24H23ClN6O2. The van der Waals surface area contributed by atoms with Crippen LogP contribution in [0.4, 0.5) is 11.8 Å². The fourth-order valence-corrected chi connectivity index (χ4v) is 3.58. The van der Waals surface area contributed by atoms with Crippen LogP contribution in [0.3, 0.4) is 0 Å². The average Bonchev–Trinajstić information content (AvgIpc) is 3.29. The van der Waals surface area contributed by atoms with Crippen molar-refractivity contribution in [3.63, 3.8) is 0 Å². The molecule has 33 heavy (non-hydrogen) atoms. The van der Waals surface area contributed by atoms with Gasteiger partial charge < -0.3 is 20.7 Å². The normalized spacial score (nSPS) is 11.8. The van der Waals surface area contributed by atoms with E-state index in [-0.39, 0.29) is 12.5 Å². The van der Waals surface area contributed by atoms with E-state index in [0.29, 0.717) is 28.2 Å². The number of amides is 1. The molecule has 4 rings (SSSR count). The number of hydrogen-bond donors (Lipinski definition) is 4. The van der Waals surface area contributed by atoms with E-state index in [2.05, 4.69) is 30.6 Å². The smallest absolute Gasteiger partial charge is 0.268 e. The van der Waals surface area contributed by atoms with Crippen LogP contribution in [0.2, 0.25) is 5.02 Å². The molecule has 168 valence electrons. The second kappa shape index (κ2) is 9.81. The number of aliphatic hydroxyl groups is 1. The molecule has 0 spiro atoms. The number of carbonyl (C=O) groups is 1. The summed E-state index contributed by atoms with van der Waals surface area (Å²) in [6.07, 6.45) is 3.43. The summed E-state index contributed by atoms with van der Waals surface area (Å²) < 4.78 is 0. The fourth-order valence-electron chi connectivity index (χ4n) is 3.38. The molecule has 3 aromatic heterocycles. The number of nitrogens with one attached hydrogen (secondary N) is 3. The van der Waals surface area contributed by atoms with E-state index in [0.717, 1.165) is 22.4 Å². The maximum atomic E-state index is 12.8. The lowest BCUT2D eigenvalue weighted by molar-refractivity contribution is 0.0911. The first-order valence-corrected chi connectivity index (χ1v) is 10.7. The topological polar surface area (TPSA) is 116 Å². The highest BCUT2D eigenvalue weighted by Gasteiger charge is 2.18. The molecule has 9 heteroatoms. The van der Waals surface area contributed by atoms with Crippen LogP contribution in [0.25, 0.3) is 11.3 Å². The van der Waals surface area contributed by atoms with Gasteiger partial charge in [0.15, 0.2) is 0 Å². The van der Waals surface area contributed by atoms with E-state index in [1.54, 1.807) is 42.7 Å². The van der Waals surface area contributed by atoms with Crippen molar-refractivity contribution in [1.82, 2.24) is 25.3 Å². The summed E-state index contributed by atoms with van der Waals surface area (Å²) in [6, 6.07) is 13.8. The van der Waals surface area contributed by atoms with Crippen molar-refractivity contribution in [3.05, 3.63) is 88.5 Å². The van der Waals surface area contributed by atoms with Gasteiger partial charge in [-0.15, -0.1) is 0 Å². The molecule has 4 N–H and O–H groups in total. The predicted octanol–water partition coefficient (Wildman–Crippen LogP) is 4.34. The molecule has 1 atom stereocenters. The molecule has 0 aliphatic heterocycles. The van der Waals surface area contributed by atoms with Crippen LogP contribution in [0.5, 0.6) is 0 Å². The molecule has 0 radical (unpaired) electrons. The van der Waals surface area contributed by atoms with Crippen molar-refractivity contribution in [2.45, 2.75) is 19.9 Å². The van der Waals surface area contributed by atoms with Crippen LogP contribution in [-0.4, -0.2) is 37.6 Å².